The number of nitrogens with zero attached hydrogens (tertiary/aromatic N) is 2. The fourth-order valence-corrected chi connectivity index (χ4v) is 5.32. The zero-order valence-corrected chi connectivity index (χ0v) is 15.1. The van der Waals surface area contributed by atoms with Gasteiger partial charge in [0.05, 0.1) is 15.9 Å². The van der Waals surface area contributed by atoms with Gasteiger partial charge in [-0.1, -0.05) is 25.4 Å². The highest BCUT2D eigenvalue weighted by Gasteiger charge is 2.64. The average Bonchev–Trinajstić information content (AvgIpc) is 2.81. The minimum Gasteiger partial charge on any atom is -0.748 e. The van der Waals surface area contributed by atoms with E-state index in [0.29, 0.717) is 23.6 Å². The van der Waals surface area contributed by atoms with Crippen molar-refractivity contribution in [1.29, 1.82) is 5.39 Å². The molecule has 0 aromatic heterocycles. The van der Waals surface area contributed by atoms with E-state index in [2.05, 4.69) is 4.98 Å². The zero-order chi connectivity index (χ0) is 18.2. The van der Waals surface area contributed by atoms with Gasteiger partial charge in [-0.15, -0.1) is 0 Å². The molecular weight excluding hydrogens is 352 g/mol. The Hall–Kier alpha value is -1.49. The van der Waals surface area contributed by atoms with Crippen molar-refractivity contribution < 1.29 is 17.8 Å². The van der Waals surface area contributed by atoms with Gasteiger partial charge in [0, 0.05) is 29.0 Å². The first-order valence-corrected chi connectivity index (χ1v) is 9.55. The third-order valence-corrected chi connectivity index (χ3v) is 6.60. The Kier molecular flexibility index (Phi) is 5.05. The van der Waals surface area contributed by atoms with Gasteiger partial charge in [0.1, 0.15) is 5.78 Å². The smallest absolute Gasteiger partial charge is 0.385 e. The van der Waals surface area contributed by atoms with Gasteiger partial charge in [-0.3, -0.25) is 4.79 Å². The van der Waals surface area contributed by atoms with Crippen LogP contribution >= 0.6 is 11.6 Å². The van der Waals surface area contributed by atoms with E-state index in [1.807, 2.05) is 13.8 Å². The third-order valence-electron chi connectivity index (χ3n) is 5.50. The number of hydrogen-bond acceptors (Lipinski definition) is 5. The van der Waals surface area contributed by atoms with Gasteiger partial charge in [-0.25, -0.2) is 8.42 Å². The minimum atomic E-state index is -4.33. The molecule has 2 aliphatic rings. The standard InChI is InChI=1S/C10H16O4S.C6H4ClN2/c1-9(2)7-3-4-10(9,8(11)5-7)6-15(12,13)14;7-5-1-3-6(9-8)4-2-5/h7H,3-6H2,1-2H3,(H,12,13,14);1-4H/q;+1/p-1/t7-,10-;/m0./s1. The van der Waals surface area contributed by atoms with Crippen LogP contribution in [0.1, 0.15) is 33.1 Å². The highest BCUT2D eigenvalue weighted by molar-refractivity contribution is 7.85. The van der Waals surface area contributed by atoms with Gasteiger partial charge in [0.15, 0.2) is 4.98 Å². The quantitative estimate of drug-likeness (QED) is 0.582. The molecule has 0 heterocycles. The molecule has 1 aromatic rings. The second-order valence-corrected chi connectivity index (χ2v) is 8.79. The van der Waals surface area contributed by atoms with E-state index >= 15 is 0 Å². The lowest BCUT2D eigenvalue weighted by Gasteiger charge is -2.37. The van der Waals surface area contributed by atoms with Gasteiger partial charge in [-0.05, 0) is 36.3 Å². The van der Waals surface area contributed by atoms with Crippen molar-refractivity contribution in [3.63, 3.8) is 0 Å². The van der Waals surface area contributed by atoms with E-state index < -0.39 is 21.3 Å². The molecule has 2 aliphatic carbocycles. The van der Waals surface area contributed by atoms with Crippen LogP contribution in [0.25, 0.3) is 4.98 Å². The van der Waals surface area contributed by atoms with Gasteiger partial charge in [0.25, 0.3) is 0 Å². The van der Waals surface area contributed by atoms with E-state index in [0.717, 1.165) is 6.42 Å². The molecule has 2 atom stereocenters. The molecule has 1 aromatic carbocycles. The summed E-state index contributed by atoms with van der Waals surface area (Å²) in [5.41, 5.74) is -0.709. The number of ketones is 1. The van der Waals surface area contributed by atoms with Crippen molar-refractivity contribution in [3.05, 3.63) is 34.3 Å². The van der Waals surface area contributed by atoms with Crippen LogP contribution in [-0.4, -0.2) is 24.5 Å². The molecule has 0 aliphatic heterocycles. The number of benzene rings is 1. The number of halogens is 1. The maximum Gasteiger partial charge on any atom is 0.385 e. The van der Waals surface area contributed by atoms with Crippen LogP contribution in [0.4, 0.5) is 5.69 Å². The number of rotatable bonds is 2. The first-order valence-electron chi connectivity index (χ1n) is 7.59. The molecule has 24 heavy (non-hydrogen) atoms. The Morgan fingerprint density at radius 1 is 1.33 bits per heavy atom. The van der Waals surface area contributed by atoms with Crippen molar-refractivity contribution in [1.82, 2.24) is 0 Å². The van der Waals surface area contributed by atoms with E-state index in [9.17, 15) is 17.8 Å². The SMILES string of the molecule is CC1(C)[C@H]2CC[C@]1(CS(=O)(=O)[O-])C(=O)C2.N#[N+]c1ccc(Cl)cc1. The van der Waals surface area contributed by atoms with Crippen LogP contribution in [0.3, 0.4) is 0 Å². The van der Waals surface area contributed by atoms with Gasteiger partial charge < -0.3 is 4.55 Å². The molecule has 3 rings (SSSR count). The van der Waals surface area contributed by atoms with Crippen molar-refractivity contribution in [2.45, 2.75) is 33.1 Å². The second kappa shape index (κ2) is 6.43. The molecular formula is C16H19ClN2O4S. The van der Waals surface area contributed by atoms with Crippen LogP contribution in [0.2, 0.25) is 5.02 Å². The van der Waals surface area contributed by atoms with Crippen LogP contribution in [0.15, 0.2) is 24.3 Å². The molecule has 2 bridgehead atoms. The summed E-state index contributed by atoms with van der Waals surface area (Å²) < 4.78 is 32.7. The number of carbonyl (C=O) groups excluding carboxylic acids is 1. The number of fused-ring (bicyclic) bond motifs is 2. The number of Topliss-reactive ketones (excluding diaryl/α,β-unsaturated/α-hetero) is 1. The summed E-state index contributed by atoms with van der Waals surface area (Å²) in [6, 6.07) is 6.58. The van der Waals surface area contributed by atoms with E-state index in [1.165, 1.54) is 0 Å². The van der Waals surface area contributed by atoms with Gasteiger partial charge in [-0.2, -0.15) is 0 Å². The average molecular weight is 371 g/mol. The normalized spacial score (nSPS) is 27.3. The maximum atomic E-state index is 11.8. The fraction of sp³-hybridized carbons (Fsp3) is 0.562. The summed E-state index contributed by atoms with van der Waals surface area (Å²) in [4.78, 5) is 14.8. The van der Waals surface area contributed by atoms with Crippen LogP contribution in [0, 0.1) is 22.1 Å². The van der Waals surface area contributed by atoms with E-state index in [1.54, 1.807) is 24.3 Å². The summed E-state index contributed by atoms with van der Waals surface area (Å²) in [7, 11) is -4.33. The Bertz CT molecular complexity index is 783. The first kappa shape index (κ1) is 18.8. The summed E-state index contributed by atoms with van der Waals surface area (Å²) in [6.45, 7) is 3.83. The molecule has 2 saturated carbocycles. The molecule has 6 nitrogen and oxygen atoms in total. The lowest BCUT2D eigenvalue weighted by molar-refractivity contribution is -0.128. The molecule has 0 saturated heterocycles. The molecule has 0 amide bonds. The first-order chi connectivity index (χ1) is 11.0. The predicted molar refractivity (Wildman–Crippen MR) is 89.3 cm³/mol. The molecule has 8 heteroatoms. The van der Waals surface area contributed by atoms with Crippen molar-refractivity contribution in [2.75, 3.05) is 5.75 Å². The summed E-state index contributed by atoms with van der Waals surface area (Å²) in [5.74, 6) is -0.280. The van der Waals surface area contributed by atoms with E-state index in [4.69, 9.17) is 17.0 Å². The van der Waals surface area contributed by atoms with Crippen LogP contribution in [0.5, 0.6) is 0 Å². The summed E-state index contributed by atoms with van der Waals surface area (Å²) >= 11 is 5.55. The zero-order valence-electron chi connectivity index (χ0n) is 13.5. The summed E-state index contributed by atoms with van der Waals surface area (Å²) in [6.07, 6.45) is 1.88. The summed E-state index contributed by atoms with van der Waals surface area (Å²) in [5, 5.41) is 8.85. The molecule has 130 valence electrons. The largest absolute Gasteiger partial charge is 0.748 e. The predicted octanol–water partition coefficient (Wildman–Crippen LogP) is 3.75. The number of carbonyl (C=O) groups is 1. The van der Waals surface area contributed by atoms with Crippen LogP contribution in [-0.2, 0) is 14.9 Å². The molecule has 0 radical (unpaired) electrons. The Balaban J connectivity index is 0.000000198. The van der Waals surface area contributed by atoms with Crippen molar-refractivity contribution in [3.8, 4) is 0 Å². The van der Waals surface area contributed by atoms with Gasteiger partial charge >= 0.3 is 5.69 Å². The lowest BCUT2D eigenvalue weighted by atomic mass is 9.70. The lowest BCUT2D eigenvalue weighted by Crippen LogP contribution is -2.42. The Morgan fingerprint density at radius 2 is 1.92 bits per heavy atom. The molecule has 0 spiro atoms. The van der Waals surface area contributed by atoms with Crippen molar-refractivity contribution in [2.24, 2.45) is 16.7 Å². The Labute approximate surface area is 146 Å². The van der Waals surface area contributed by atoms with Crippen molar-refractivity contribution >= 4 is 33.2 Å². The highest BCUT2D eigenvalue weighted by Crippen LogP contribution is 2.64. The molecule has 0 N–H and O–H groups in total. The second-order valence-electron chi connectivity index (χ2n) is 6.95. The topological polar surface area (TPSA) is 102 Å². The molecule has 2 fully saturated rings. The van der Waals surface area contributed by atoms with Gasteiger partial charge in [0.2, 0.25) is 5.39 Å². The maximum absolute atomic E-state index is 11.8. The Morgan fingerprint density at radius 3 is 2.29 bits per heavy atom. The highest BCUT2D eigenvalue weighted by atomic mass is 35.5. The number of hydrogen-bond donors (Lipinski definition) is 0. The third kappa shape index (κ3) is 3.46. The van der Waals surface area contributed by atoms with E-state index in [-0.39, 0.29) is 17.1 Å². The number of diazo groups is 1. The van der Waals surface area contributed by atoms with Crippen LogP contribution < -0.4 is 0 Å². The molecule has 0 unspecified atom stereocenters. The minimum absolute atomic E-state index is 0.0248. The monoisotopic (exact) mass is 370 g/mol. The fourth-order valence-electron chi connectivity index (χ4n) is 3.92.